The molecule has 0 aliphatic heterocycles. The Labute approximate surface area is 473 Å². The molecule has 432 valence electrons. The van der Waals surface area contributed by atoms with Crippen molar-refractivity contribution in [3.63, 3.8) is 0 Å². The third-order valence-electron chi connectivity index (χ3n) is 12.5. The van der Waals surface area contributed by atoms with E-state index < -0.39 is 6.10 Å². The van der Waals surface area contributed by atoms with E-state index in [-0.39, 0.29) is 37.5 Å². The molecule has 6 nitrogen and oxygen atoms in total. The van der Waals surface area contributed by atoms with Crippen LogP contribution in [0.1, 0.15) is 252 Å². The van der Waals surface area contributed by atoms with Gasteiger partial charge < -0.3 is 14.2 Å². The second-order valence-electron chi connectivity index (χ2n) is 19.9. The summed E-state index contributed by atoms with van der Waals surface area (Å²) in [5.74, 6) is -0.989. The fourth-order valence-electron chi connectivity index (χ4n) is 7.96. The third-order valence-corrected chi connectivity index (χ3v) is 12.5. The number of ether oxygens (including phenoxy) is 3. The molecule has 0 aliphatic carbocycles. The molecule has 0 aromatic carbocycles. The maximum Gasteiger partial charge on any atom is 0.306 e. The molecule has 0 radical (unpaired) electrons. The van der Waals surface area contributed by atoms with Gasteiger partial charge in [0.15, 0.2) is 6.10 Å². The standard InChI is InChI=1S/C71H112O6/c1-4-7-10-13-15-17-19-21-23-25-27-29-31-32-33-34-35-36-37-38-40-41-43-45-47-49-51-53-55-58-61-64-70(73)76-67-68(66-75-69(72)63-60-57-12-9-6-3)77-71(74)65-62-59-56-54-52-50-48-46-44-42-39-30-28-26-24-22-20-18-16-14-11-8-5-2/h7-8,10-11,15-18,21-24,27-30,32-33,35-36,42,44,48,50,54,56,68H,4-6,9,12-14,19-20,25-26,31,34,37-41,43,45-47,49,51-53,55,57-67H2,1-3H3/b10-7-,11-8-,17-15-,18-16-,23-21-,24-22-,29-27-,30-28-,33-32-,36-35-,44-42-,50-48-,56-54-. The highest BCUT2D eigenvalue weighted by atomic mass is 16.6. The maximum absolute atomic E-state index is 12.8. The van der Waals surface area contributed by atoms with Crippen LogP contribution in [0.4, 0.5) is 0 Å². The van der Waals surface area contributed by atoms with Crippen LogP contribution in [-0.2, 0) is 28.6 Å². The first-order valence-electron chi connectivity index (χ1n) is 31.0. The van der Waals surface area contributed by atoms with Crippen LogP contribution in [0.5, 0.6) is 0 Å². The van der Waals surface area contributed by atoms with E-state index in [1.54, 1.807) is 0 Å². The summed E-state index contributed by atoms with van der Waals surface area (Å²) < 4.78 is 16.7. The van der Waals surface area contributed by atoms with Crippen molar-refractivity contribution >= 4 is 17.9 Å². The van der Waals surface area contributed by atoms with Gasteiger partial charge in [-0.05, 0) is 122 Å². The quantitative estimate of drug-likeness (QED) is 0.0261. The number of carbonyl (C=O) groups excluding carboxylic acids is 3. The molecule has 6 heteroatoms. The Bertz CT molecular complexity index is 1740. The van der Waals surface area contributed by atoms with Gasteiger partial charge in [0.05, 0.1) is 0 Å². The SMILES string of the molecule is CC/C=C\C/C=C\C/C=C\C/C=C\C/C=C\C/C=C\C/C=C\CCCC(=O)OC(COC(=O)CCCCCCC)COC(=O)CCCCCCCCCCCCCC/C=C\C/C=C\C/C=C\C/C=C\C/C=C\C/C=C\CC. The molecule has 0 rings (SSSR count). The monoisotopic (exact) mass is 1060 g/mol. The number of unbranched alkanes of at least 4 members (excludes halogenated alkanes) is 17. The lowest BCUT2D eigenvalue weighted by Crippen LogP contribution is -2.30. The number of allylic oxidation sites excluding steroid dienone is 26. The largest absolute Gasteiger partial charge is 0.462 e. The Morgan fingerprint density at radius 2 is 0.519 bits per heavy atom. The molecule has 0 fully saturated rings. The van der Waals surface area contributed by atoms with E-state index in [1.165, 1.54) is 64.2 Å². The van der Waals surface area contributed by atoms with Crippen LogP contribution < -0.4 is 0 Å². The summed E-state index contributed by atoms with van der Waals surface area (Å²) in [7, 11) is 0. The molecule has 77 heavy (non-hydrogen) atoms. The fraction of sp³-hybridized carbons (Fsp3) is 0.592. The molecule has 0 heterocycles. The Morgan fingerprint density at radius 3 is 0.831 bits per heavy atom. The average Bonchev–Trinajstić information content (AvgIpc) is 3.43. The van der Waals surface area contributed by atoms with Crippen molar-refractivity contribution in [3.8, 4) is 0 Å². The van der Waals surface area contributed by atoms with E-state index in [2.05, 4.69) is 179 Å². The normalized spacial score (nSPS) is 13.2. The van der Waals surface area contributed by atoms with Crippen molar-refractivity contribution in [3.05, 3.63) is 158 Å². The van der Waals surface area contributed by atoms with Gasteiger partial charge in [0, 0.05) is 19.3 Å². The lowest BCUT2D eigenvalue weighted by atomic mass is 10.0. The predicted molar refractivity (Wildman–Crippen MR) is 334 cm³/mol. The first-order valence-corrected chi connectivity index (χ1v) is 31.0. The summed E-state index contributed by atoms with van der Waals surface area (Å²) in [4.78, 5) is 37.9. The Kier molecular flexibility index (Phi) is 59.5. The summed E-state index contributed by atoms with van der Waals surface area (Å²) in [6, 6.07) is 0. The predicted octanol–water partition coefficient (Wildman–Crippen LogP) is 21.3. The van der Waals surface area contributed by atoms with Crippen molar-refractivity contribution in [2.75, 3.05) is 13.2 Å². The summed E-state index contributed by atoms with van der Waals surface area (Å²) in [6.45, 7) is 6.27. The number of esters is 3. The van der Waals surface area contributed by atoms with Crippen LogP contribution in [0.3, 0.4) is 0 Å². The molecule has 0 bridgehead atoms. The highest BCUT2D eigenvalue weighted by Crippen LogP contribution is 2.15. The van der Waals surface area contributed by atoms with E-state index in [9.17, 15) is 14.4 Å². The highest BCUT2D eigenvalue weighted by Gasteiger charge is 2.19. The molecule has 0 amide bonds. The van der Waals surface area contributed by atoms with Crippen LogP contribution in [0, 0.1) is 0 Å². The van der Waals surface area contributed by atoms with Gasteiger partial charge in [-0.3, -0.25) is 14.4 Å². The number of rotatable bonds is 54. The van der Waals surface area contributed by atoms with E-state index in [0.29, 0.717) is 19.3 Å². The minimum atomic E-state index is -0.813. The molecule has 0 aromatic rings. The van der Waals surface area contributed by atoms with E-state index in [1.807, 2.05) is 0 Å². The van der Waals surface area contributed by atoms with Gasteiger partial charge in [0.1, 0.15) is 13.2 Å². The van der Waals surface area contributed by atoms with Crippen molar-refractivity contribution in [2.45, 2.75) is 258 Å². The summed E-state index contributed by atoms with van der Waals surface area (Å²) in [5.41, 5.74) is 0. The molecule has 0 N–H and O–H groups in total. The Balaban J connectivity index is 4.16. The summed E-state index contributed by atoms with van der Waals surface area (Å²) >= 11 is 0. The molecule has 1 unspecified atom stereocenters. The van der Waals surface area contributed by atoms with Gasteiger partial charge in [-0.2, -0.15) is 0 Å². The minimum Gasteiger partial charge on any atom is -0.462 e. The third kappa shape index (κ3) is 61.8. The molecule has 0 saturated heterocycles. The van der Waals surface area contributed by atoms with Crippen molar-refractivity contribution in [2.24, 2.45) is 0 Å². The zero-order valence-corrected chi connectivity index (χ0v) is 49.4. The van der Waals surface area contributed by atoms with Gasteiger partial charge in [-0.25, -0.2) is 0 Å². The van der Waals surface area contributed by atoms with Crippen LogP contribution >= 0.6 is 0 Å². The molecule has 0 aliphatic rings. The fourth-order valence-corrected chi connectivity index (χ4v) is 7.96. The van der Waals surface area contributed by atoms with Crippen molar-refractivity contribution < 1.29 is 28.6 Å². The second-order valence-corrected chi connectivity index (χ2v) is 19.9. The molecule has 0 aromatic heterocycles. The lowest BCUT2D eigenvalue weighted by molar-refractivity contribution is -0.167. The zero-order valence-electron chi connectivity index (χ0n) is 49.4. The molecular weight excluding hydrogens is 949 g/mol. The summed E-state index contributed by atoms with van der Waals surface area (Å²) in [5, 5.41) is 0. The van der Waals surface area contributed by atoms with Gasteiger partial charge in [-0.1, -0.05) is 269 Å². The molecular formula is C71H112O6. The zero-order chi connectivity index (χ0) is 55.7. The molecule has 1 atom stereocenters. The van der Waals surface area contributed by atoms with Crippen LogP contribution in [0.15, 0.2) is 158 Å². The van der Waals surface area contributed by atoms with E-state index in [4.69, 9.17) is 14.2 Å². The Morgan fingerprint density at radius 1 is 0.273 bits per heavy atom. The Hall–Kier alpha value is -4.97. The number of carbonyl (C=O) groups is 3. The first kappa shape index (κ1) is 72.0. The van der Waals surface area contributed by atoms with E-state index >= 15 is 0 Å². The van der Waals surface area contributed by atoms with Crippen LogP contribution in [0.25, 0.3) is 0 Å². The highest BCUT2D eigenvalue weighted by molar-refractivity contribution is 5.71. The van der Waals surface area contributed by atoms with Crippen molar-refractivity contribution in [1.82, 2.24) is 0 Å². The maximum atomic E-state index is 12.8. The minimum absolute atomic E-state index is 0.107. The molecule has 0 spiro atoms. The lowest BCUT2D eigenvalue weighted by Gasteiger charge is -2.18. The van der Waals surface area contributed by atoms with Crippen LogP contribution in [-0.4, -0.2) is 37.2 Å². The second kappa shape index (κ2) is 63.6. The van der Waals surface area contributed by atoms with Gasteiger partial charge in [-0.15, -0.1) is 0 Å². The van der Waals surface area contributed by atoms with E-state index in [0.717, 1.165) is 141 Å². The summed E-state index contributed by atoms with van der Waals surface area (Å²) in [6.07, 6.45) is 93.0. The first-order chi connectivity index (χ1) is 38.0. The topological polar surface area (TPSA) is 78.9 Å². The average molecular weight is 1060 g/mol. The number of hydrogen-bond donors (Lipinski definition) is 0. The van der Waals surface area contributed by atoms with Gasteiger partial charge in [0.2, 0.25) is 0 Å². The number of hydrogen-bond acceptors (Lipinski definition) is 6. The van der Waals surface area contributed by atoms with Gasteiger partial charge >= 0.3 is 17.9 Å². The smallest absolute Gasteiger partial charge is 0.306 e. The van der Waals surface area contributed by atoms with Crippen molar-refractivity contribution in [1.29, 1.82) is 0 Å². The van der Waals surface area contributed by atoms with Crippen LogP contribution in [0.2, 0.25) is 0 Å². The van der Waals surface area contributed by atoms with Gasteiger partial charge in [0.25, 0.3) is 0 Å². The molecule has 0 saturated carbocycles.